The van der Waals surface area contributed by atoms with Crippen molar-refractivity contribution in [2.45, 2.75) is 31.7 Å². The molecular formula is C17H21NOS. The van der Waals surface area contributed by atoms with E-state index in [1.165, 1.54) is 28.8 Å². The molecule has 2 aromatic rings. The predicted molar refractivity (Wildman–Crippen MR) is 84.7 cm³/mol. The van der Waals surface area contributed by atoms with Crippen LogP contribution in [0, 0.1) is 0 Å². The molecule has 106 valence electrons. The van der Waals surface area contributed by atoms with Crippen molar-refractivity contribution in [3.05, 3.63) is 51.7 Å². The summed E-state index contributed by atoms with van der Waals surface area (Å²) in [6.45, 7) is 0.765. The normalized spacial score (nSPS) is 17.8. The molecule has 0 saturated carbocycles. The van der Waals surface area contributed by atoms with Gasteiger partial charge < -0.3 is 10.1 Å². The molecule has 0 spiro atoms. The standard InChI is InChI=1S/C17H21NOS/c1-18-16-8-2-7-15-14(16)6-3-9-17(15)19-11-10-13-5-4-12-20-13/h3-6,9,12,16,18H,2,7-8,10-11H2,1H3. The minimum atomic E-state index is 0.486. The average Bonchev–Trinajstić information content (AvgIpc) is 3.00. The quantitative estimate of drug-likeness (QED) is 0.898. The van der Waals surface area contributed by atoms with Gasteiger partial charge in [-0.15, -0.1) is 11.3 Å². The first-order valence-electron chi connectivity index (χ1n) is 7.32. The Bertz CT molecular complexity index is 550. The Morgan fingerprint density at radius 1 is 1.30 bits per heavy atom. The molecule has 3 rings (SSSR count). The Kier molecular flexibility index (Phi) is 4.38. The highest BCUT2D eigenvalue weighted by Crippen LogP contribution is 2.35. The van der Waals surface area contributed by atoms with Crippen LogP contribution in [0.5, 0.6) is 5.75 Å². The largest absolute Gasteiger partial charge is 0.493 e. The number of hydrogen-bond donors (Lipinski definition) is 1. The molecule has 1 aromatic carbocycles. The lowest BCUT2D eigenvalue weighted by atomic mass is 9.87. The van der Waals surface area contributed by atoms with E-state index in [2.05, 4.69) is 41.0 Å². The predicted octanol–water partition coefficient (Wildman–Crippen LogP) is 3.97. The van der Waals surface area contributed by atoms with E-state index in [1.807, 2.05) is 7.05 Å². The minimum absolute atomic E-state index is 0.486. The smallest absolute Gasteiger partial charge is 0.122 e. The number of thiophene rings is 1. The second kappa shape index (κ2) is 6.42. The van der Waals surface area contributed by atoms with E-state index in [4.69, 9.17) is 4.74 Å². The van der Waals surface area contributed by atoms with Crippen LogP contribution in [0.15, 0.2) is 35.7 Å². The second-order valence-electron chi connectivity index (χ2n) is 5.24. The van der Waals surface area contributed by atoms with Gasteiger partial charge in [-0.3, -0.25) is 0 Å². The van der Waals surface area contributed by atoms with Crippen LogP contribution >= 0.6 is 11.3 Å². The fraction of sp³-hybridized carbons (Fsp3) is 0.412. The fourth-order valence-electron chi connectivity index (χ4n) is 2.97. The number of ether oxygens (including phenoxy) is 1. The summed E-state index contributed by atoms with van der Waals surface area (Å²) in [6, 6.07) is 11.2. The summed E-state index contributed by atoms with van der Waals surface area (Å²) in [5, 5.41) is 5.53. The summed E-state index contributed by atoms with van der Waals surface area (Å²) >= 11 is 1.80. The summed E-state index contributed by atoms with van der Waals surface area (Å²) in [5.41, 5.74) is 2.83. The molecule has 1 aromatic heterocycles. The lowest BCUT2D eigenvalue weighted by Gasteiger charge is -2.26. The van der Waals surface area contributed by atoms with E-state index in [1.54, 1.807) is 11.3 Å². The van der Waals surface area contributed by atoms with E-state index >= 15 is 0 Å². The van der Waals surface area contributed by atoms with Crippen molar-refractivity contribution in [2.24, 2.45) is 0 Å². The molecule has 0 amide bonds. The molecule has 2 nitrogen and oxygen atoms in total. The van der Waals surface area contributed by atoms with Crippen molar-refractivity contribution >= 4 is 11.3 Å². The lowest BCUT2D eigenvalue weighted by molar-refractivity contribution is 0.316. The van der Waals surface area contributed by atoms with Crippen LogP contribution in [0.4, 0.5) is 0 Å². The number of hydrogen-bond acceptors (Lipinski definition) is 3. The molecule has 1 heterocycles. The molecule has 1 aliphatic carbocycles. The van der Waals surface area contributed by atoms with E-state index in [-0.39, 0.29) is 0 Å². The van der Waals surface area contributed by atoms with Gasteiger partial charge in [0.15, 0.2) is 0 Å². The zero-order chi connectivity index (χ0) is 13.8. The third-order valence-electron chi connectivity index (χ3n) is 4.00. The van der Waals surface area contributed by atoms with Gasteiger partial charge in [0.1, 0.15) is 5.75 Å². The molecule has 1 N–H and O–H groups in total. The monoisotopic (exact) mass is 287 g/mol. The maximum Gasteiger partial charge on any atom is 0.122 e. The van der Waals surface area contributed by atoms with Gasteiger partial charge in [0.25, 0.3) is 0 Å². The average molecular weight is 287 g/mol. The zero-order valence-electron chi connectivity index (χ0n) is 11.9. The van der Waals surface area contributed by atoms with Crippen molar-refractivity contribution in [2.75, 3.05) is 13.7 Å². The van der Waals surface area contributed by atoms with Crippen molar-refractivity contribution in [1.29, 1.82) is 0 Å². The summed E-state index contributed by atoms with van der Waals surface area (Å²) in [5.74, 6) is 1.08. The lowest BCUT2D eigenvalue weighted by Crippen LogP contribution is -2.22. The maximum atomic E-state index is 6.05. The van der Waals surface area contributed by atoms with E-state index in [9.17, 15) is 0 Å². The van der Waals surface area contributed by atoms with Gasteiger partial charge in [-0.2, -0.15) is 0 Å². The summed E-state index contributed by atoms with van der Waals surface area (Å²) < 4.78 is 6.05. The molecule has 0 bridgehead atoms. The summed E-state index contributed by atoms with van der Waals surface area (Å²) in [4.78, 5) is 1.39. The highest BCUT2D eigenvalue weighted by molar-refractivity contribution is 7.09. The highest BCUT2D eigenvalue weighted by Gasteiger charge is 2.21. The van der Waals surface area contributed by atoms with Crippen LogP contribution in [0.25, 0.3) is 0 Å². The summed E-state index contributed by atoms with van der Waals surface area (Å²) in [6.07, 6.45) is 4.60. The first-order valence-corrected chi connectivity index (χ1v) is 8.20. The van der Waals surface area contributed by atoms with Crippen molar-refractivity contribution < 1.29 is 4.74 Å². The third-order valence-corrected chi connectivity index (χ3v) is 4.94. The minimum Gasteiger partial charge on any atom is -0.493 e. The topological polar surface area (TPSA) is 21.3 Å². The van der Waals surface area contributed by atoms with Crippen molar-refractivity contribution in [1.82, 2.24) is 5.32 Å². The Morgan fingerprint density at radius 2 is 2.25 bits per heavy atom. The molecular weight excluding hydrogens is 266 g/mol. The second-order valence-corrected chi connectivity index (χ2v) is 6.27. The van der Waals surface area contributed by atoms with Gasteiger partial charge in [0, 0.05) is 17.3 Å². The van der Waals surface area contributed by atoms with Crippen LogP contribution in [0.1, 0.15) is 34.9 Å². The number of rotatable bonds is 5. The highest BCUT2D eigenvalue weighted by atomic mass is 32.1. The van der Waals surface area contributed by atoms with Gasteiger partial charge in [-0.1, -0.05) is 18.2 Å². The molecule has 0 fully saturated rings. The molecule has 0 saturated heterocycles. The van der Waals surface area contributed by atoms with Crippen LogP contribution in [0.2, 0.25) is 0 Å². The first-order chi connectivity index (χ1) is 9.88. The maximum absolute atomic E-state index is 6.05. The van der Waals surface area contributed by atoms with Gasteiger partial charge in [0.2, 0.25) is 0 Å². The van der Waals surface area contributed by atoms with Crippen molar-refractivity contribution in [3.63, 3.8) is 0 Å². The van der Waals surface area contributed by atoms with Gasteiger partial charge in [0.05, 0.1) is 6.61 Å². The third kappa shape index (κ3) is 2.89. The molecule has 0 aliphatic heterocycles. The molecule has 3 heteroatoms. The van der Waals surface area contributed by atoms with Crippen molar-refractivity contribution in [3.8, 4) is 5.75 Å². The summed E-state index contributed by atoms with van der Waals surface area (Å²) in [7, 11) is 2.05. The van der Waals surface area contributed by atoms with E-state index in [0.717, 1.165) is 25.2 Å². The van der Waals surface area contributed by atoms with Gasteiger partial charge in [-0.25, -0.2) is 0 Å². The van der Waals surface area contributed by atoms with Crippen LogP contribution in [-0.2, 0) is 12.8 Å². The molecule has 0 radical (unpaired) electrons. The Morgan fingerprint density at radius 3 is 3.05 bits per heavy atom. The first kappa shape index (κ1) is 13.7. The van der Waals surface area contributed by atoms with Gasteiger partial charge in [-0.05, 0) is 54.9 Å². The molecule has 1 aliphatic rings. The molecule has 20 heavy (non-hydrogen) atoms. The Labute approximate surface area is 124 Å². The van der Waals surface area contributed by atoms with Crippen LogP contribution in [0.3, 0.4) is 0 Å². The van der Waals surface area contributed by atoms with Crippen LogP contribution < -0.4 is 10.1 Å². The number of benzene rings is 1. The zero-order valence-corrected chi connectivity index (χ0v) is 12.7. The Hall–Kier alpha value is -1.32. The van der Waals surface area contributed by atoms with E-state index in [0.29, 0.717) is 6.04 Å². The molecule has 1 unspecified atom stereocenters. The molecule has 1 atom stereocenters. The van der Waals surface area contributed by atoms with Gasteiger partial charge >= 0.3 is 0 Å². The van der Waals surface area contributed by atoms with Crippen LogP contribution in [-0.4, -0.2) is 13.7 Å². The number of fused-ring (bicyclic) bond motifs is 1. The SMILES string of the molecule is CNC1CCCc2c(OCCc3cccs3)cccc21. The Balaban J connectivity index is 1.70. The number of nitrogens with one attached hydrogen (secondary N) is 1. The fourth-order valence-corrected chi connectivity index (χ4v) is 3.66. The van der Waals surface area contributed by atoms with E-state index < -0.39 is 0 Å².